The molecule has 2 aromatic carbocycles. The largest absolute Gasteiger partial charge is 0.508 e. The molecule has 7 nitrogen and oxygen atoms in total. The first-order chi connectivity index (χ1) is 13.3. The van der Waals surface area contributed by atoms with E-state index >= 15 is 0 Å². The molecule has 0 unspecified atom stereocenters. The van der Waals surface area contributed by atoms with Crippen LogP contribution in [0.1, 0.15) is 21.7 Å². The van der Waals surface area contributed by atoms with Gasteiger partial charge in [0, 0.05) is 7.05 Å². The van der Waals surface area contributed by atoms with Gasteiger partial charge in [-0.3, -0.25) is 9.48 Å². The van der Waals surface area contributed by atoms with Gasteiger partial charge in [-0.25, -0.2) is 4.79 Å². The number of nitrogens with zero attached hydrogens (tertiary/aromatic N) is 2. The summed E-state index contributed by atoms with van der Waals surface area (Å²) < 4.78 is 6.77. The van der Waals surface area contributed by atoms with Gasteiger partial charge < -0.3 is 15.2 Å². The number of phenolic OH excluding ortho intramolecular Hbond substituents is 1. The van der Waals surface area contributed by atoms with Gasteiger partial charge in [0.05, 0.1) is 22.6 Å². The van der Waals surface area contributed by atoms with E-state index in [0.717, 1.165) is 16.8 Å². The number of aryl methyl sites for hydroxylation is 2. The van der Waals surface area contributed by atoms with Crippen molar-refractivity contribution in [1.82, 2.24) is 9.78 Å². The molecule has 0 aliphatic heterocycles. The molecule has 0 radical (unpaired) electrons. The number of hydrogen-bond donors (Lipinski definition) is 2. The maximum absolute atomic E-state index is 12.2. The topological polar surface area (TPSA) is 93.5 Å². The number of rotatable bonds is 5. The lowest BCUT2D eigenvalue weighted by Crippen LogP contribution is -2.21. The summed E-state index contributed by atoms with van der Waals surface area (Å²) in [7, 11) is 1.79. The van der Waals surface area contributed by atoms with E-state index in [0.29, 0.717) is 16.9 Å². The normalized spacial score (nSPS) is 10.5. The predicted octanol–water partition coefficient (Wildman–Crippen LogP) is 3.21. The Bertz CT molecular complexity index is 1010. The highest BCUT2D eigenvalue weighted by atomic mass is 16.5. The molecule has 3 aromatic rings. The van der Waals surface area contributed by atoms with Crippen molar-refractivity contribution >= 4 is 17.6 Å². The lowest BCUT2D eigenvalue weighted by molar-refractivity contribution is -0.119. The van der Waals surface area contributed by atoms with Crippen molar-refractivity contribution in [3.05, 3.63) is 65.5 Å². The Labute approximate surface area is 162 Å². The van der Waals surface area contributed by atoms with Crippen LogP contribution in [0, 0.1) is 13.8 Å². The molecule has 7 heteroatoms. The molecule has 0 aliphatic rings. The SMILES string of the molecule is Cc1nn(C)c(C)c1NC(=O)COC(=O)c1ccc(-c2ccc(O)cc2)cc1. The number of aromatic nitrogens is 2. The van der Waals surface area contributed by atoms with Gasteiger partial charge >= 0.3 is 5.97 Å². The van der Waals surface area contributed by atoms with Gasteiger partial charge in [0.1, 0.15) is 5.75 Å². The average molecular weight is 379 g/mol. The zero-order valence-electron chi connectivity index (χ0n) is 15.9. The number of carbonyl (C=O) groups excluding carboxylic acids is 2. The summed E-state index contributed by atoms with van der Waals surface area (Å²) in [6, 6.07) is 13.6. The lowest BCUT2D eigenvalue weighted by atomic mass is 10.0. The third kappa shape index (κ3) is 4.20. The van der Waals surface area contributed by atoms with Crippen molar-refractivity contribution in [2.45, 2.75) is 13.8 Å². The van der Waals surface area contributed by atoms with Gasteiger partial charge in [-0.1, -0.05) is 24.3 Å². The van der Waals surface area contributed by atoms with E-state index in [-0.39, 0.29) is 12.4 Å². The molecular weight excluding hydrogens is 358 g/mol. The minimum atomic E-state index is -0.577. The summed E-state index contributed by atoms with van der Waals surface area (Å²) in [5, 5.41) is 16.3. The van der Waals surface area contributed by atoms with Gasteiger partial charge in [-0.15, -0.1) is 0 Å². The lowest BCUT2D eigenvalue weighted by Gasteiger charge is -2.08. The van der Waals surface area contributed by atoms with E-state index in [9.17, 15) is 14.7 Å². The zero-order chi connectivity index (χ0) is 20.3. The Kier molecular flexibility index (Phi) is 5.44. The van der Waals surface area contributed by atoms with Crippen molar-refractivity contribution < 1.29 is 19.4 Å². The molecule has 0 saturated heterocycles. The van der Waals surface area contributed by atoms with Crippen LogP contribution in [0.15, 0.2) is 48.5 Å². The second-order valence-electron chi connectivity index (χ2n) is 6.42. The van der Waals surface area contributed by atoms with Crippen molar-refractivity contribution in [3.8, 4) is 16.9 Å². The van der Waals surface area contributed by atoms with Crippen LogP contribution in [-0.2, 0) is 16.6 Å². The van der Waals surface area contributed by atoms with E-state index in [2.05, 4.69) is 10.4 Å². The van der Waals surface area contributed by atoms with E-state index in [4.69, 9.17) is 4.74 Å². The third-order valence-corrected chi connectivity index (χ3v) is 4.43. The second-order valence-corrected chi connectivity index (χ2v) is 6.42. The van der Waals surface area contributed by atoms with E-state index in [1.165, 1.54) is 0 Å². The maximum atomic E-state index is 12.2. The second kappa shape index (κ2) is 7.96. The highest BCUT2D eigenvalue weighted by Crippen LogP contribution is 2.22. The molecule has 2 N–H and O–H groups in total. The first-order valence-corrected chi connectivity index (χ1v) is 8.72. The molecule has 1 heterocycles. The van der Waals surface area contributed by atoms with Crippen LogP contribution in [0.3, 0.4) is 0 Å². The van der Waals surface area contributed by atoms with E-state index in [1.54, 1.807) is 67.2 Å². The van der Waals surface area contributed by atoms with Crippen LogP contribution in [0.25, 0.3) is 11.1 Å². The number of hydrogen-bond acceptors (Lipinski definition) is 5. The molecule has 0 saturated carbocycles. The van der Waals surface area contributed by atoms with Crippen LogP contribution in [0.5, 0.6) is 5.75 Å². The highest BCUT2D eigenvalue weighted by molar-refractivity contribution is 5.96. The summed E-state index contributed by atoms with van der Waals surface area (Å²) in [4.78, 5) is 24.3. The molecule has 0 bridgehead atoms. The third-order valence-electron chi connectivity index (χ3n) is 4.43. The number of ether oxygens (including phenoxy) is 1. The van der Waals surface area contributed by atoms with Gasteiger partial charge in [0.25, 0.3) is 5.91 Å². The fourth-order valence-electron chi connectivity index (χ4n) is 2.80. The molecular formula is C21H21N3O4. The fourth-order valence-corrected chi connectivity index (χ4v) is 2.80. The number of amides is 1. The smallest absolute Gasteiger partial charge is 0.338 e. The molecule has 28 heavy (non-hydrogen) atoms. The Balaban J connectivity index is 1.58. The molecule has 1 amide bonds. The fraction of sp³-hybridized carbons (Fsp3) is 0.190. The number of esters is 1. The van der Waals surface area contributed by atoms with Crippen LogP contribution >= 0.6 is 0 Å². The predicted molar refractivity (Wildman–Crippen MR) is 105 cm³/mol. The van der Waals surface area contributed by atoms with Crippen LogP contribution in [0.4, 0.5) is 5.69 Å². The van der Waals surface area contributed by atoms with Gasteiger partial charge in [0.15, 0.2) is 6.61 Å². The Morgan fingerprint density at radius 1 is 1.04 bits per heavy atom. The summed E-state index contributed by atoms with van der Waals surface area (Å²) >= 11 is 0. The molecule has 0 atom stereocenters. The minimum absolute atomic E-state index is 0.193. The van der Waals surface area contributed by atoms with Crippen LogP contribution in [0.2, 0.25) is 0 Å². The minimum Gasteiger partial charge on any atom is -0.508 e. The maximum Gasteiger partial charge on any atom is 0.338 e. The summed E-state index contributed by atoms with van der Waals surface area (Å²) in [5.74, 6) is -0.806. The van der Waals surface area contributed by atoms with Crippen molar-refractivity contribution in [3.63, 3.8) is 0 Å². The summed E-state index contributed by atoms with van der Waals surface area (Å²) in [6.45, 7) is 3.26. The zero-order valence-corrected chi connectivity index (χ0v) is 15.9. The number of nitrogens with one attached hydrogen (secondary N) is 1. The standard InChI is InChI=1S/C21H21N3O4/c1-13-20(14(2)24(3)23-13)22-19(26)12-28-21(27)17-6-4-15(5-7-17)16-8-10-18(25)11-9-16/h4-11,25H,12H2,1-3H3,(H,22,26). The van der Waals surface area contributed by atoms with Crippen LogP contribution in [-0.4, -0.2) is 33.4 Å². The number of anilines is 1. The monoisotopic (exact) mass is 379 g/mol. The first kappa shape index (κ1) is 19.2. The molecule has 144 valence electrons. The molecule has 0 spiro atoms. The van der Waals surface area contributed by atoms with Gasteiger partial charge in [0.2, 0.25) is 0 Å². The Morgan fingerprint density at radius 2 is 1.61 bits per heavy atom. The Hall–Kier alpha value is -3.61. The van der Waals surface area contributed by atoms with Gasteiger partial charge in [-0.05, 0) is 49.2 Å². The first-order valence-electron chi connectivity index (χ1n) is 8.72. The van der Waals surface area contributed by atoms with Crippen molar-refractivity contribution in [1.29, 1.82) is 0 Å². The summed E-state index contributed by atoms with van der Waals surface area (Å²) in [6.07, 6.45) is 0. The number of phenols is 1. The highest BCUT2D eigenvalue weighted by Gasteiger charge is 2.15. The quantitative estimate of drug-likeness (QED) is 0.664. The number of aromatic hydroxyl groups is 1. The van der Waals surface area contributed by atoms with Crippen molar-refractivity contribution in [2.75, 3.05) is 11.9 Å². The molecule has 0 aliphatic carbocycles. The Morgan fingerprint density at radius 3 is 2.14 bits per heavy atom. The summed E-state index contributed by atoms with van der Waals surface area (Å²) in [5.41, 5.74) is 4.31. The van der Waals surface area contributed by atoms with Crippen molar-refractivity contribution in [2.24, 2.45) is 7.05 Å². The molecule has 1 aromatic heterocycles. The van der Waals surface area contributed by atoms with E-state index < -0.39 is 11.9 Å². The van der Waals surface area contributed by atoms with E-state index in [1.807, 2.05) is 6.92 Å². The van der Waals surface area contributed by atoms with Gasteiger partial charge in [-0.2, -0.15) is 5.10 Å². The number of benzene rings is 2. The molecule has 0 fully saturated rings. The number of carbonyl (C=O) groups is 2. The average Bonchev–Trinajstić information content (AvgIpc) is 2.93. The molecule has 3 rings (SSSR count). The van der Waals surface area contributed by atoms with Crippen LogP contribution < -0.4 is 5.32 Å².